The predicted octanol–water partition coefficient (Wildman–Crippen LogP) is 4.05. The van der Waals surface area contributed by atoms with E-state index in [-0.39, 0.29) is 0 Å². The Balaban J connectivity index is 1.90. The van der Waals surface area contributed by atoms with E-state index in [9.17, 15) is 0 Å². The van der Waals surface area contributed by atoms with Gasteiger partial charge in [0.05, 0.1) is 11.4 Å². The fraction of sp³-hybridized carbons (Fsp3) is 0.571. The van der Waals surface area contributed by atoms with Gasteiger partial charge in [-0.25, -0.2) is 9.97 Å². The summed E-state index contributed by atoms with van der Waals surface area (Å²) >= 11 is 6.07. The molecule has 0 atom stereocenters. The molecule has 3 nitrogen and oxygen atoms in total. The maximum atomic E-state index is 6.07. The summed E-state index contributed by atoms with van der Waals surface area (Å²) in [7, 11) is 0. The van der Waals surface area contributed by atoms with E-state index in [0.717, 1.165) is 24.4 Å². The highest BCUT2D eigenvalue weighted by molar-refractivity contribution is 6.31. The number of allylic oxidation sites excluding steroid dienone is 1. The molecule has 1 heterocycles. The molecule has 0 spiro atoms. The van der Waals surface area contributed by atoms with Gasteiger partial charge in [-0.2, -0.15) is 0 Å². The van der Waals surface area contributed by atoms with Gasteiger partial charge in [0.25, 0.3) is 0 Å². The average molecular weight is 266 g/mol. The van der Waals surface area contributed by atoms with E-state index in [1.807, 2.05) is 13.8 Å². The summed E-state index contributed by atoms with van der Waals surface area (Å²) in [5, 5.41) is 3.75. The van der Waals surface area contributed by atoms with Crippen molar-refractivity contribution in [2.24, 2.45) is 0 Å². The minimum Gasteiger partial charge on any atom is -0.367 e. The van der Waals surface area contributed by atoms with Crippen LogP contribution in [0.4, 0.5) is 5.82 Å². The number of hydrogen-bond acceptors (Lipinski definition) is 3. The molecule has 0 saturated heterocycles. The van der Waals surface area contributed by atoms with Crippen molar-refractivity contribution in [3.05, 3.63) is 28.2 Å². The first-order chi connectivity index (χ1) is 8.66. The topological polar surface area (TPSA) is 37.8 Å². The lowest BCUT2D eigenvalue weighted by atomic mass is 9.97. The van der Waals surface area contributed by atoms with Gasteiger partial charge in [0.2, 0.25) is 0 Å². The van der Waals surface area contributed by atoms with Crippen molar-refractivity contribution in [3.63, 3.8) is 0 Å². The second-order valence-electron chi connectivity index (χ2n) is 4.82. The highest BCUT2D eigenvalue weighted by Gasteiger charge is 2.07. The lowest BCUT2D eigenvalue weighted by molar-refractivity contribution is 0.679. The van der Waals surface area contributed by atoms with Crippen LogP contribution < -0.4 is 5.32 Å². The zero-order chi connectivity index (χ0) is 13.0. The summed E-state index contributed by atoms with van der Waals surface area (Å²) in [4.78, 5) is 8.69. The number of nitrogens with one attached hydrogen (secondary N) is 1. The van der Waals surface area contributed by atoms with Crippen molar-refractivity contribution in [3.8, 4) is 0 Å². The van der Waals surface area contributed by atoms with Gasteiger partial charge < -0.3 is 5.32 Å². The molecule has 0 aromatic carbocycles. The predicted molar refractivity (Wildman–Crippen MR) is 76.2 cm³/mol. The smallest absolute Gasteiger partial charge is 0.171 e. The van der Waals surface area contributed by atoms with Crippen LogP contribution >= 0.6 is 11.6 Å². The molecule has 1 aromatic heterocycles. The molecule has 2 rings (SSSR count). The normalized spacial score (nSPS) is 15.4. The quantitative estimate of drug-likeness (QED) is 0.835. The Morgan fingerprint density at radius 2 is 2.00 bits per heavy atom. The number of hydrogen-bond donors (Lipinski definition) is 1. The SMILES string of the molecule is Cc1nc(Cl)c(NCCC2=CCCCC2)nc1C. The van der Waals surface area contributed by atoms with Crippen molar-refractivity contribution >= 4 is 17.4 Å². The van der Waals surface area contributed by atoms with E-state index in [1.54, 1.807) is 5.57 Å². The summed E-state index contributed by atoms with van der Waals surface area (Å²) in [5.41, 5.74) is 3.38. The van der Waals surface area contributed by atoms with Crippen LogP contribution in [0.25, 0.3) is 0 Å². The molecule has 1 aliphatic rings. The third-order valence-corrected chi connectivity index (χ3v) is 3.65. The molecule has 0 bridgehead atoms. The van der Waals surface area contributed by atoms with E-state index < -0.39 is 0 Å². The number of rotatable bonds is 4. The van der Waals surface area contributed by atoms with Crippen LogP contribution in [0, 0.1) is 13.8 Å². The van der Waals surface area contributed by atoms with Crippen molar-refractivity contribution < 1.29 is 0 Å². The largest absolute Gasteiger partial charge is 0.367 e. The van der Waals surface area contributed by atoms with Gasteiger partial charge >= 0.3 is 0 Å². The number of halogens is 1. The Morgan fingerprint density at radius 1 is 1.22 bits per heavy atom. The lowest BCUT2D eigenvalue weighted by Crippen LogP contribution is -2.08. The molecule has 0 radical (unpaired) electrons. The second kappa shape index (κ2) is 6.19. The Labute approximate surface area is 114 Å². The third kappa shape index (κ3) is 3.45. The highest BCUT2D eigenvalue weighted by atomic mass is 35.5. The molecule has 4 heteroatoms. The number of nitrogens with zero attached hydrogens (tertiary/aromatic N) is 2. The van der Waals surface area contributed by atoms with Crippen LogP contribution in [0.1, 0.15) is 43.5 Å². The standard InChI is InChI=1S/C14H20ClN3/c1-10-11(2)18-14(13(15)17-10)16-9-8-12-6-4-3-5-7-12/h6H,3-5,7-9H2,1-2H3,(H,16,18). The molecule has 98 valence electrons. The zero-order valence-corrected chi connectivity index (χ0v) is 11.8. The van der Waals surface area contributed by atoms with Gasteiger partial charge in [-0.1, -0.05) is 23.3 Å². The summed E-state index contributed by atoms with van der Waals surface area (Å²) in [6, 6.07) is 0. The van der Waals surface area contributed by atoms with E-state index in [0.29, 0.717) is 11.0 Å². The molecule has 0 aliphatic heterocycles. The van der Waals surface area contributed by atoms with Crippen molar-refractivity contribution in [1.29, 1.82) is 0 Å². The summed E-state index contributed by atoms with van der Waals surface area (Å²) in [6.45, 7) is 4.75. The number of aryl methyl sites for hydroxylation is 2. The van der Waals surface area contributed by atoms with Gasteiger partial charge in [0.1, 0.15) is 0 Å². The molecule has 1 N–H and O–H groups in total. The molecule has 1 aliphatic carbocycles. The van der Waals surface area contributed by atoms with E-state index in [1.165, 1.54) is 25.7 Å². The summed E-state index contributed by atoms with van der Waals surface area (Å²) in [6.07, 6.45) is 8.60. The molecule has 0 amide bonds. The Morgan fingerprint density at radius 3 is 2.72 bits per heavy atom. The fourth-order valence-corrected chi connectivity index (χ4v) is 2.40. The van der Waals surface area contributed by atoms with Gasteiger partial charge in [-0.05, 0) is 46.0 Å². The van der Waals surface area contributed by atoms with Crippen LogP contribution in [-0.2, 0) is 0 Å². The Bertz CT molecular complexity index is 455. The monoisotopic (exact) mass is 265 g/mol. The molecular formula is C14H20ClN3. The van der Waals surface area contributed by atoms with Crippen LogP contribution in [0.2, 0.25) is 5.15 Å². The van der Waals surface area contributed by atoms with Gasteiger partial charge in [0, 0.05) is 6.54 Å². The maximum absolute atomic E-state index is 6.07. The number of anilines is 1. The second-order valence-corrected chi connectivity index (χ2v) is 5.18. The van der Waals surface area contributed by atoms with Crippen LogP contribution in [0.15, 0.2) is 11.6 Å². The van der Waals surface area contributed by atoms with Gasteiger partial charge in [-0.3, -0.25) is 0 Å². The van der Waals surface area contributed by atoms with Crippen LogP contribution in [-0.4, -0.2) is 16.5 Å². The molecule has 1 aromatic rings. The zero-order valence-electron chi connectivity index (χ0n) is 11.1. The number of aromatic nitrogens is 2. The van der Waals surface area contributed by atoms with E-state index in [2.05, 4.69) is 21.4 Å². The molecular weight excluding hydrogens is 246 g/mol. The fourth-order valence-electron chi connectivity index (χ4n) is 2.16. The summed E-state index contributed by atoms with van der Waals surface area (Å²) in [5.74, 6) is 0.705. The Kier molecular flexibility index (Phi) is 4.59. The van der Waals surface area contributed by atoms with E-state index in [4.69, 9.17) is 11.6 Å². The third-order valence-electron chi connectivity index (χ3n) is 3.39. The van der Waals surface area contributed by atoms with Crippen LogP contribution in [0.5, 0.6) is 0 Å². The summed E-state index contributed by atoms with van der Waals surface area (Å²) < 4.78 is 0. The average Bonchev–Trinajstić information content (AvgIpc) is 2.37. The van der Waals surface area contributed by atoms with Crippen molar-refractivity contribution in [2.45, 2.75) is 46.0 Å². The van der Waals surface area contributed by atoms with Gasteiger partial charge in [0.15, 0.2) is 11.0 Å². The highest BCUT2D eigenvalue weighted by Crippen LogP contribution is 2.21. The van der Waals surface area contributed by atoms with Gasteiger partial charge in [-0.15, -0.1) is 0 Å². The first-order valence-corrected chi connectivity index (χ1v) is 6.97. The molecule has 0 saturated carbocycles. The molecule has 18 heavy (non-hydrogen) atoms. The van der Waals surface area contributed by atoms with Crippen molar-refractivity contribution in [2.75, 3.05) is 11.9 Å². The first kappa shape index (κ1) is 13.3. The molecule has 0 fully saturated rings. The minimum absolute atomic E-state index is 0.468. The first-order valence-electron chi connectivity index (χ1n) is 6.59. The minimum atomic E-state index is 0.468. The maximum Gasteiger partial charge on any atom is 0.171 e. The van der Waals surface area contributed by atoms with Crippen molar-refractivity contribution in [1.82, 2.24) is 9.97 Å². The lowest BCUT2D eigenvalue weighted by Gasteiger charge is -2.14. The molecule has 0 unspecified atom stereocenters. The Hall–Kier alpha value is -1.09. The van der Waals surface area contributed by atoms with E-state index >= 15 is 0 Å². The van der Waals surface area contributed by atoms with Crippen LogP contribution in [0.3, 0.4) is 0 Å².